The minimum atomic E-state index is -4.02. The van der Waals surface area contributed by atoms with Gasteiger partial charge >= 0.3 is 5.97 Å². The predicted molar refractivity (Wildman–Crippen MR) is 75.7 cm³/mol. The molecule has 0 aliphatic rings. The summed E-state index contributed by atoms with van der Waals surface area (Å²) in [6, 6.07) is 2.62. The van der Waals surface area contributed by atoms with Crippen LogP contribution >= 0.6 is 27.5 Å². The largest absolute Gasteiger partial charge is 0.459 e. The number of carbonyl (C=O) groups excluding carboxylic acids is 1. The third-order valence-electron chi connectivity index (χ3n) is 2.41. The van der Waals surface area contributed by atoms with E-state index in [1.807, 2.05) is 6.92 Å². The van der Waals surface area contributed by atoms with E-state index < -0.39 is 16.0 Å². The quantitative estimate of drug-likeness (QED) is 0.826. The predicted octanol–water partition coefficient (Wildman–Crippen LogP) is 2.71. The van der Waals surface area contributed by atoms with Crippen molar-refractivity contribution in [3.05, 3.63) is 27.2 Å². The van der Waals surface area contributed by atoms with Crippen molar-refractivity contribution >= 4 is 43.5 Å². The van der Waals surface area contributed by atoms with Gasteiger partial charge in [-0.15, -0.1) is 0 Å². The summed E-state index contributed by atoms with van der Waals surface area (Å²) in [6.07, 6.45) is 0.347. The number of carbonyl (C=O) groups is 1. The van der Waals surface area contributed by atoms with Crippen LogP contribution in [0.5, 0.6) is 0 Å². The summed E-state index contributed by atoms with van der Waals surface area (Å²) >= 11 is 9.01. The highest BCUT2D eigenvalue weighted by Crippen LogP contribution is 2.29. The molecule has 8 heteroatoms. The van der Waals surface area contributed by atoms with Gasteiger partial charge in [-0.25, -0.2) is 18.4 Å². The van der Waals surface area contributed by atoms with Gasteiger partial charge in [0.05, 0.1) is 16.7 Å². The van der Waals surface area contributed by atoms with E-state index in [0.717, 1.165) is 0 Å². The molecule has 0 saturated heterocycles. The highest BCUT2D eigenvalue weighted by atomic mass is 79.9. The minimum Gasteiger partial charge on any atom is -0.459 e. The van der Waals surface area contributed by atoms with Gasteiger partial charge in [-0.3, -0.25) is 0 Å². The Morgan fingerprint density at radius 3 is 2.58 bits per heavy atom. The maximum absolute atomic E-state index is 11.9. The first-order valence-corrected chi connectivity index (χ1v) is 8.11. The maximum Gasteiger partial charge on any atom is 0.339 e. The summed E-state index contributed by atoms with van der Waals surface area (Å²) in [5, 5.41) is 4.80. The first-order valence-electron chi connectivity index (χ1n) is 5.39. The molecule has 0 amide bonds. The number of primary sulfonamides is 1. The number of nitrogens with two attached hydrogens (primary N) is 1. The number of halogens is 2. The Kier molecular flexibility index (Phi) is 5.37. The van der Waals surface area contributed by atoms with Crippen molar-refractivity contribution in [2.75, 3.05) is 0 Å². The molecule has 0 bridgehead atoms. The lowest BCUT2D eigenvalue weighted by Crippen LogP contribution is -2.17. The van der Waals surface area contributed by atoms with E-state index in [9.17, 15) is 13.2 Å². The smallest absolute Gasteiger partial charge is 0.339 e. The number of sulfonamides is 1. The molecule has 1 aromatic rings. The summed E-state index contributed by atoms with van der Waals surface area (Å²) in [4.78, 5) is 11.6. The molecule has 1 rings (SSSR count). The second-order valence-electron chi connectivity index (χ2n) is 3.93. The maximum atomic E-state index is 11.9. The second kappa shape index (κ2) is 6.21. The minimum absolute atomic E-state index is 0.0413. The van der Waals surface area contributed by atoms with E-state index in [0.29, 0.717) is 10.9 Å². The van der Waals surface area contributed by atoms with Crippen LogP contribution in [0.1, 0.15) is 30.6 Å². The molecule has 0 saturated carbocycles. The molecular formula is C11H13BrClNO4S. The molecule has 0 aliphatic carbocycles. The van der Waals surface area contributed by atoms with Crippen molar-refractivity contribution in [1.82, 2.24) is 0 Å². The van der Waals surface area contributed by atoms with Crippen LogP contribution in [-0.2, 0) is 14.8 Å². The molecule has 0 spiro atoms. The van der Waals surface area contributed by atoms with Crippen molar-refractivity contribution < 1.29 is 17.9 Å². The van der Waals surface area contributed by atoms with Crippen molar-refractivity contribution in [3.63, 3.8) is 0 Å². The van der Waals surface area contributed by atoms with Gasteiger partial charge in [-0.05, 0) is 25.5 Å². The van der Waals surface area contributed by atoms with Crippen LogP contribution in [0.4, 0.5) is 0 Å². The van der Waals surface area contributed by atoms with Gasteiger partial charge in [0, 0.05) is 4.47 Å². The first-order chi connectivity index (χ1) is 8.66. The molecule has 1 aromatic carbocycles. The Morgan fingerprint density at radius 2 is 2.11 bits per heavy atom. The van der Waals surface area contributed by atoms with E-state index in [2.05, 4.69) is 15.9 Å². The van der Waals surface area contributed by atoms with Crippen molar-refractivity contribution in [2.45, 2.75) is 31.3 Å². The molecule has 0 heterocycles. The monoisotopic (exact) mass is 369 g/mol. The van der Waals surface area contributed by atoms with Gasteiger partial charge < -0.3 is 4.74 Å². The third kappa shape index (κ3) is 4.17. The highest BCUT2D eigenvalue weighted by Gasteiger charge is 2.22. The van der Waals surface area contributed by atoms with Crippen LogP contribution < -0.4 is 5.14 Å². The normalized spacial score (nSPS) is 13.1. The fraction of sp³-hybridized carbons (Fsp3) is 0.364. The summed E-state index contributed by atoms with van der Waals surface area (Å²) in [5.74, 6) is -0.689. The number of ether oxygens (including phenoxy) is 1. The summed E-state index contributed by atoms with van der Waals surface area (Å²) in [5.41, 5.74) is -0.0413. The van der Waals surface area contributed by atoms with Crippen LogP contribution in [0, 0.1) is 0 Å². The Morgan fingerprint density at radius 1 is 1.53 bits per heavy atom. The molecule has 19 heavy (non-hydrogen) atoms. The van der Waals surface area contributed by atoms with Crippen LogP contribution in [0.15, 0.2) is 21.5 Å². The van der Waals surface area contributed by atoms with Gasteiger partial charge in [0.1, 0.15) is 4.90 Å². The molecule has 1 atom stereocenters. The third-order valence-corrected chi connectivity index (χ3v) is 4.33. The number of rotatable bonds is 4. The molecule has 1 unspecified atom stereocenters. The van der Waals surface area contributed by atoms with E-state index in [1.165, 1.54) is 12.1 Å². The zero-order valence-electron chi connectivity index (χ0n) is 10.3. The zero-order chi connectivity index (χ0) is 14.8. The average molecular weight is 371 g/mol. The van der Waals surface area contributed by atoms with Gasteiger partial charge in [-0.1, -0.05) is 34.5 Å². The van der Waals surface area contributed by atoms with Gasteiger partial charge in [0.25, 0.3) is 0 Å². The molecule has 106 valence electrons. The number of benzene rings is 1. The van der Waals surface area contributed by atoms with Crippen LogP contribution in [0.3, 0.4) is 0 Å². The number of hydrogen-bond donors (Lipinski definition) is 1. The standard InChI is InChI=1S/C11H13BrClNO4S/c1-3-6(2)18-11(15)8-4-7(12)5-9(10(8)13)19(14,16)17/h4-6H,3H2,1-2H3,(H2,14,16,17). The first kappa shape index (κ1) is 16.4. The van der Waals surface area contributed by atoms with Crippen molar-refractivity contribution in [3.8, 4) is 0 Å². The molecule has 5 nitrogen and oxygen atoms in total. The van der Waals surface area contributed by atoms with E-state index in [1.54, 1.807) is 6.92 Å². The van der Waals surface area contributed by atoms with Crippen molar-refractivity contribution in [2.24, 2.45) is 5.14 Å². The molecule has 0 radical (unpaired) electrons. The van der Waals surface area contributed by atoms with Crippen LogP contribution in [0.2, 0.25) is 5.02 Å². The Hall–Kier alpha value is -0.630. The second-order valence-corrected chi connectivity index (χ2v) is 6.76. The molecule has 0 aromatic heterocycles. The topological polar surface area (TPSA) is 86.5 Å². The molecule has 2 N–H and O–H groups in total. The molecular weight excluding hydrogens is 358 g/mol. The summed E-state index contributed by atoms with van der Waals surface area (Å²) < 4.78 is 28.2. The van der Waals surface area contributed by atoms with E-state index in [-0.39, 0.29) is 21.6 Å². The van der Waals surface area contributed by atoms with E-state index >= 15 is 0 Å². The summed E-state index contributed by atoms with van der Waals surface area (Å²) in [7, 11) is -4.02. The van der Waals surface area contributed by atoms with E-state index in [4.69, 9.17) is 21.5 Å². The SMILES string of the molecule is CCC(C)OC(=O)c1cc(Br)cc(S(N)(=O)=O)c1Cl. The molecule has 0 aliphatic heterocycles. The van der Waals surface area contributed by atoms with Crippen LogP contribution in [0.25, 0.3) is 0 Å². The fourth-order valence-corrected chi connectivity index (χ4v) is 3.02. The Labute approximate surface area is 125 Å². The number of hydrogen-bond acceptors (Lipinski definition) is 4. The van der Waals surface area contributed by atoms with Gasteiger partial charge in [-0.2, -0.15) is 0 Å². The lowest BCUT2D eigenvalue weighted by Gasteiger charge is -2.13. The Balaban J connectivity index is 3.30. The van der Waals surface area contributed by atoms with Gasteiger partial charge in [0.2, 0.25) is 10.0 Å². The summed E-state index contributed by atoms with van der Waals surface area (Å²) in [6.45, 7) is 3.58. The number of esters is 1. The fourth-order valence-electron chi connectivity index (χ4n) is 1.25. The zero-order valence-corrected chi connectivity index (χ0v) is 13.5. The Bertz CT molecular complexity index is 603. The lowest BCUT2D eigenvalue weighted by molar-refractivity contribution is 0.0334. The van der Waals surface area contributed by atoms with Crippen LogP contribution in [-0.4, -0.2) is 20.5 Å². The van der Waals surface area contributed by atoms with Crippen molar-refractivity contribution in [1.29, 1.82) is 0 Å². The molecule has 0 fully saturated rings. The highest BCUT2D eigenvalue weighted by molar-refractivity contribution is 9.10. The van der Waals surface area contributed by atoms with Gasteiger partial charge in [0.15, 0.2) is 0 Å². The average Bonchev–Trinajstić information content (AvgIpc) is 2.29. The lowest BCUT2D eigenvalue weighted by atomic mass is 10.2.